The normalized spacial score (nSPS) is 14.6. The maximum Gasteiger partial charge on any atom is 0.328 e. The fraction of sp³-hybridized carbons (Fsp3) is 0.769. The van der Waals surface area contributed by atoms with E-state index in [-0.39, 0.29) is 0 Å². The fourth-order valence-electron chi connectivity index (χ4n) is 1.90. The molecule has 16 heavy (non-hydrogen) atoms. The number of carboxylic acid groups (broad SMARTS) is 1. The third-order valence-electron chi connectivity index (χ3n) is 3.07. The number of hydrogen-bond acceptors (Lipinski definition) is 1. The Hall–Kier alpha value is 0.132. The van der Waals surface area contributed by atoms with Gasteiger partial charge < -0.3 is 5.11 Å². The molecule has 0 amide bonds. The molecule has 0 unspecified atom stereocenters. The van der Waals surface area contributed by atoms with Gasteiger partial charge in [-0.1, -0.05) is 5.57 Å². The molecule has 1 N–H and O–H groups in total. The van der Waals surface area contributed by atoms with Crippen LogP contribution in [-0.4, -0.2) is 33.8 Å². The van der Waals surface area contributed by atoms with Crippen LogP contribution in [0.4, 0.5) is 0 Å². The number of hydrogen-bond donors (Lipinski definition) is 1. The maximum atomic E-state index is 10.1. The van der Waals surface area contributed by atoms with Crippen molar-refractivity contribution in [3.8, 4) is 0 Å². The molecule has 0 aromatic rings. The monoisotopic (exact) mass is 421 g/mol. The van der Waals surface area contributed by atoms with Crippen molar-refractivity contribution >= 4 is 28.7 Å². The fourth-order valence-corrected chi connectivity index (χ4v) is 7.73. The van der Waals surface area contributed by atoms with Crippen molar-refractivity contribution in [1.82, 2.24) is 0 Å². The van der Waals surface area contributed by atoms with E-state index in [9.17, 15) is 4.79 Å². The second-order valence-corrected chi connectivity index (χ2v) is 18.2. The maximum absolute atomic E-state index is 10.1. The van der Waals surface area contributed by atoms with Crippen LogP contribution in [0.1, 0.15) is 46.5 Å². The van der Waals surface area contributed by atoms with E-state index in [2.05, 4.69) is 20.8 Å². The molecule has 2 nitrogen and oxygen atoms in total. The van der Waals surface area contributed by atoms with Gasteiger partial charge in [0.25, 0.3) is 0 Å². The molecule has 1 aliphatic rings. The molecule has 0 heterocycles. The van der Waals surface area contributed by atoms with Crippen LogP contribution >= 0.6 is 0 Å². The zero-order valence-electron chi connectivity index (χ0n) is 10.9. The minimum atomic E-state index is -0.799. The summed E-state index contributed by atoms with van der Waals surface area (Å²) >= 11 is -0.789. The number of allylic oxidation sites excluding steroid dienone is 1. The predicted octanol–water partition coefficient (Wildman–Crippen LogP) is 4.11. The topological polar surface area (TPSA) is 37.3 Å². The van der Waals surface area contributed by atoms with Crippen molar-refractivity contribution in [2.45, 2.75) is 58.4 Å². The van der Waals surface area contributed by atoms with Gasteiger partial charge in [-0.05, 0) is 25.7 Å². The summed E-state index contributed by atoms with van der Waals surface area (Å²) in [6, 6.07) is 0. The van der Waals surface area contributed by atoms with Crippen LogP contribution in [0.25, 0.3) is 0 Å². The minimum absolute atomic E-state index is 0.789. The number of rotatable bonds is 4. The summed E-state index contributed by atoms with van der Waals surface area (Å²) in [4.78, 5) is 10.1. The summed E-state index contributed by atoms with van der Waals surface area (Å²) in [7, 11) is 0. The second-order valence-electron chi connectivity index (χ2n) is 4.16. The summed E-state index contributed by atoms with van der Waals surface area (Å²) in [5, 5.41) is 8.30. The van der Waals surface area contributed by atoms with Crippen LogP contribution in [-0.2, 0) is 4.79 Å². The van der Waals surface area contributed by atoms with Crippen LogP contribution in [0.2, 0.25) is 11.9 Å². The first-order valence-corrected chi connectivity index (χ1v) is 14.6. The van der Waals surface area contributed by atoms with Crippen molar-refractivity contribution in [3.05, 3.63) is 11.6 Å². The molecule has 1 fully saturated rings. The molecule has 0 spiro atoms. The Morgan fingerprint density at radius 1 is 1.19 bits per heavy atom. The molecule has 0 saturated heterocycles. The van der Waals surface area contributed by atoms with Gasteiger partial charge in [-0.3, -0.25) is 0 Å². The molecule has 0 aromatic heterocycles. The second kappa shape index (κ2) is 10.3. The third-order valence-corrected chi connectivity index (χ3v) is 14.7. The predicted molar refractivity (Wildman–Crippen MR) is 71.4 cm³/mol. The Kier molecular flexibility index (Phi) is 10.4. The van der Waals surface area contributed by atoms with Crippen molar-refractivity contribution in [2.24, 2.45) is 0 Å². The summed E-state index contributed by atoms with van der Waals surface area (Å²) < 4.78 is 4.70. The number of carbonyl (C=O) groups is 1. The van der Waals surface area contributed by atoms with E-state index in [1.165, 1.54) is 18.9 Å². The van der Waals surface area contributed by atoms with Crippen LogP contribution < -0.4 is 0 Å². The zero-order chi connectivity index (χ0) is 12.4. The van der Waals surface area contributed by atoms with Gasteiger partial charge >= 0.3 is 61.4 Å². The van der Waals surface area contributed by atoms with Crippen LogP contribution in [0, 0.1) is 0 Å². The molecular weight excluding hydrogens is 395 g/mol. The van der Waals surface area contributed by atoms with Crippen molar-refractivity contribution in [2.75, 3.05) is 0 Å². The average Bonchev–Trinajstić information content (AvgIpc) is 2.73. The smallest absolute Gasteiger partial charge is 0.328 e. The van der Waals surface area contributed by atoms with E-state index in [1.807, 2.05) is 0 Å². The first-order chi connectivity index (χ1) is 7.63. The average molecular weight is 421 g/mol. The molecule has 3 heteroatoms. The van der Waals surface area contributed by atoms with E-state index in [1.54, 1.807) is 11.9 Å². The number of carboxylic acids is 1. The van der Waals surface area contributed by atoms with E-state index in [0.29, 0.717) is 0 Å². The molecule has 93 valence electrons. The third kappa shape index (κ3) is 8.30. The molecule has 0 aliphatic heterocycles. The Morgan fingerprint density at radius 3 is 1.88 bits per heavy atom. The van der Waals surface area contributed by atoms with E-state index in [4.69, 9.17) is 5.11 Å². The van der Waals surface area contributed by atoms with Gasteiger partial charge in [-0.15, -0.1) is 0 Å². The molecule has 0 aromatic carbocycles. The molecule has 1 aliphatic carbocycles. The molecule has 0 atom stereocenters. The van der Waals surface area contributed by atoms with Gasteiger partial charge in [0.05, 0.1) is 0 Å². The van der Waals surface area contributed by atoms with Gasteiger partial charge in [-0.25, -0.2) is 4.79 Å². The molecule has 1 radical (unpaired) electrons. The Balaban J connectivity index is 0.000000293. The molecule has 0 bridgehead atoms. The molecular formula is C13H25O2Pb. The van der Waals surface area contributed by atoms with Crippen molar-refractivity contribution in [1.29, 1.82) is 0 Å². The van der Waals surface area contributed by atoms with Gasteiger partial charge in [0, 0.05) is 6.08 Å². The van der Waals surface area contributed by atoms with Gasteiger partial charge in [0.2, 0.25) is 0 Å². The van der Waals surface area contributed by atoms with Crippen LogP contribution in [0.5, 0.6) is 0 Å². The Labute approximate surface area is 108 Å². The van der Waals surface area contributed by atoms with Gasteiger partial charge in [-0.2, -0.15) is 0 Å². The first kappa shape index (κ1) is 16.1. The summed E-state index contributed by atoms with van der Waals surface area (Å²) in [5.74, 6) is -0.799. The summed E-state index contributed by atoms with van der Waals surface area (Å²) in [6.07, 6.45) is 5.66. The quantitative estimate of drug-likeness (QED) is 0.549. The summed E-state index contributed by atoms with van der Waals surface area (Å²) in [6.45, 7) is 7.07. The molecule has 1 saturated carbocycles. The number of aliphatic carboxylic acids is 1. The van der Waals surface area contributed by atoms with Gasteiger partial charge in [0.1, 0.15) is 0 Å². The minimum Gasteiger partial charge on any atom is -0.478 e. The SMILES string of the molecule is C[CH2][Pb]([CH2]C)[CH2]C.O=C(O)C=C1CCCC1. The van der Waals surface area contributed by atoms with Crippen LogP contribution in [0.15, 0.2) is 11.6 Å². The van der Waals surface area contributed by atoms with E-state index in [0.717, 1.165) is 18.4 Å². The Bertz CT molecular complexity index is 206. The van der Waals surface area contributed by atoms with Crippen molar-refractivity contribution in [3.63, 3.8) is 0 Å². The Morgan fingerprint density at radius 2 is 1.62 bits per heavy atom. The summed E-state index contributed by atoms with van der Waals surface area (Å²) in [5.41, 5.74) is 1.10. The first-order valence-electron chi connectivity index (χ1n) is 6.39. The van der Waals surface area contributed by atoms with Crippen LogP contribution in [0.3, 0.4) is 0 Å². The largest absolute Gasteiger partial charge is 0.478 e. The standard InChI is InChI=1S/C7H10O2.3C2H5.Pb/c8-7(9)5-6-3-1-2-4-6;3*1-2;/h5H,1-4H2,(H,8,9);3*1H2,2H3;. The molecule has 1 rings (SSSR count). The van der Waals surface area contributed by atoms with E-state index >= 15 is 0 Å². The van der Waals surface area contributed by atoms with Crippen molar-refractivity contribution < 1.29 is 9.90 Å². The van der Waals surface area contributed by atoms with Gasteiger partial charge in [0.15, 0.2) is 0 Å². The zero-order valence-corrected chi connectivity index (χ0v) is 14.8. The van der Waals surface area contributed by atoms with E-state index < -0.39 is 28.7 Å².